The van der Waals surface area contributed by atoms with Crippen LogP contribution in [0.15, 0.2) is 36.5 Å². The van der Waals surface area contributed by atoms with Gasteiger partial charge in [0, 0.05) is 49.0 Å². The summed E-state index contributed by atoms with van der Waals surface area (Å²) < 4.78 is 30.8. The number of benzene rings is 1. The van der Waals surface area contributed by atoms with Gasteiger partial charge < -0.3 is 33.7 Å². The number of likely N-dealkylation sites (N-methyl/N-ethyl adjacent to an activating group) is 1. The zero-order valence-corrected chi connectivity index (χ0v) is 34.6. The minimum absolute atomic E-state index is 0.125. The van der Waals surface area contributed by atoms with Crippen molar-refractivity contribution < 1.29 is 48.0 Å². The van der Waals surface area contributed by atoms with Crippen LogP contribution in [0.3, 0.4) is 0 Å². The van der Waals surface area contributed by atoms with Crippen LogP contribution in [0.2, 0.25) is 0 Å². The van der Waals surface area contributed by atoms with Gasteiger partial charge in [0.1, 0.15) is 30.0 Å². The van der Waals surface area contributed by atoms with Crippen molar-refractivity contribution in [3.63, 3.8) is 0 Å². The first-order valence-electron chi connectivity index (χ1n) is 20.1. The molecular formula is C42H62N4O10. The van der Waals surface area contributed by atoms with Gasteiger partial charge >= 0.3 is 12.1 Å². The van der Waals surface area contributed by atoms with E-state index in [1.54, 1.807) is 40.8 Å². The Morgan fingerprint density at radius 3 is 2.41 bits per heavy atom. The Bertz CT molecular complexity index is 1700. The molecule has 0 spiro atoms. The minimum atomic E-state index is -1.27. The highest BCUT2D eigenvalue weighted by Crippen LogP contribution is 2.39. The number of amides is 1. The summed E-state index contributed by atoms with van der Waals surface area (Å²) in [6.45, 7) is 12.6. The third-order valence-corrected chi connectivity index (χ3v) is 12.2. The number of carbonyl (C=O) groups is 4. The number of esters is 1. The lowest BCUT2D eigenvalue weighted by atomic mass is 9.75. The van der Waals surface area contributed by atoms with Gasteiger partial charge in [0.15, 0.2) is 18.2 Å². The first kappa shape index (κ1) is 43.6. The molecule has 13 atom stereocenters. The number of Topliss-reactive ketones (excluding diaryl/α,β-unsaturated/α-hetero) is 2. The van der Waals surface area contributed by atoms with Gasteiger partial charge in [-0.3, -0.25) is 19.4 Å². The lowest BCUT2D eigenvalue weighted by Crippen LogP contribution is -2.59. The molecule has 310 valence electrons. The van der Waals surface area contributed by atoms with Crippen LogP contribution in [0, 0.1) is 23.7 Å². The van der Waals surface area contributed by atoms with Gasteiger partial charge in [-0.05, 0) is 84.7 Å². The predicted molar refractivity (Wildman–Crippen MR) is 208 cm³/mol. The van der Waals surface area contributed by atoms with Crippen molar-refractivity contribution in [3.8, 4) is 0 Å². The number of aromatic nitrogens is 1. The third kappa shape index (κ3) is 9.11. The molecule has 2 aromatic rings. The van der Waals surface area contributed by atoms with Crippen LogP contribution in [0.1, 0.15) is 79.7 Å². The molecular weight excluding hydrogens is 720 g/mol. The number of para-hydroxylation sites is 1. The van der Waals surface area contributed by atoms with E-state index in [-0.39, 0.29) is 30.8 Å². The number of nitrogens with one attached hydrogen (secondary N) is 1. The maximum Gasteiger partial charge on any atom is 0.425 e. The smallest absolute Gasteiger partial charge is 0.425 e. The number of aryl methyl sites for hydroxylation is 1. The number of methoxy groups -OCH3 is 1. The second kappa shape index (κ2) is 18.4. The SMILES string of the molecule is CC[C@H]1OC(=O)[C@H](C)C(=O)[C@H](C)[C@@H](OC2O[C@H](C)C[C@H](N(C)C)[C@H]2O)[C@@](C)(OC)C[C@@H](C)C(=O)[C@H](C)[C@@H]2C1OC(=O)N2NCCCc1ccnc2ccccc12. The van der Waals surface area contributed by atoms with E-state index in [4.69, 9.17) is 23.7 Å². The number of aliphatic hydroxyl groups is 1. The fourth-order valence-electron chi connectivity index (χ4n) is 8.86. The maximum absolute atomic E-state index is 14.6. The molecule has 14 nitrogen and oxygen atoms in total. The Balaban J connectivity index is 1.44. The highest BCUT2D eigenvalue weighted by molar-refractivity contribution is 6.00. The number of hydrogen-bond donors (Lipinski definition) is 2. The largest absolute Gasteiger partial charge is 0.458 e. The number of hydrogen-bond acceptors (Lipinski definition) is 13. The molecule has 3 fully saturated rings. The number of aliphatic hydroxyl groups excluding tert-OH is 1. The lowest BCUT2D eigenvalue weighted by molar-refractivity contribution is -0.295. The first-order chi connectivity index (χ1) is 26.5. The summed E-state index contributed by atoms with van der Waals surface area (Å²) in [5.41, 5.74) is 4.01. The maximum atomic E-state index is 14.6. The van der Waals surface area contributed by atoms with E-state index in [1.165, 1.54) is 19.0 Å². The topological polar surface area (TPSA) is 166 Å². The fraction of sp³-hybridized carbons (Fsp3) is 0.690. The van der Waals surface area contributed by atoms with Gasteiger partial charge in [-0.25, -0.2) is 15.2 Å². The molecule has 3 aliphatic rings. The lowest BCUT2D eigenvalue weighted by Gasteiger charge is -2.46. The van der Waals surface area contributed by atoms with Crippen molar-refractivity contribution in [1.29, 1.82) is 0 Å². The van der Waals surface area contributed by atoms with Crippen LogP contribution in [0.25, 0.3) is 10.9 Å². The highest BCUT2D eigenvalue weighted by atomic mass is 16.7. The molecule has 1 aromatic heterocycles. The van der Waals surface area contributed by atoms with E-state index in [0.717, 1.165) is 16.5 Å². The highest BCUT2D eigenvalue weighted by Gasteiger charge is 2.54. The van der Waals surface area contributed by atoms with Crippen LogP contribution in [0.5, 0.6) is 0 Å². The summed E-state index contributed by atoms with van der Waals surface area (Å²) in [6.07, 6.45) is -1.93. The van der Waals surface area contributed by atoms with Crippen molar-refractivity contribution in [2.45, 2.75) is 135 Å². The number of ether oxygens (including phenoxy) is 5. The zero-order chi connectivity index (χ0) is 41.1. The average molecular weight is 783 g/mol. The van der Waals surface area contributed by atoms with Crippen molar-refractivity contribution in [3.05, 3.63) is 42.1 Å². The van der Waals surface area contributed by atoms with E-state index in [2.05, 4.69) is 10.4 Å². The van der Waals surface area contributed by atoms with Gasteiger partial charge in [0.2, 0.25) is 0 Å². The number of nitrogens with zero attached hydrogens (tertiary/aromatic N) is 3. The van der Waals surface area contributed by atoms with Gasteiger partial charge in [-0.15, -0.1) is 0 Å². The molecule has 4 heterocycles. The van der Waals surface area contributed by atoms with Gasteiger partial charge in [-0.2, -0.15) is 0 Å². The van der Waals surface area contributed by atoms with E-state index < -0.39 is 83.9 Å². The standard InChI is InChI=1S/C42H62N4O10/c1-11-32-37-33(46(41(51)55-37)44-19-14-15-28-18-20-43-30-17-13-12-16-29(28)30)25(4)34(47)23(2)22-42(7,52-10)38(26(5)35(48)27(6)39(50)54-32)56-40-36(49)31(45(8)9)21-24(3)53-40/h12-13,16-18,20,23-27,31-33,36-38,40,44,49H,11,14-15,19,21-22H2,1-10H3/t23-,24-,25-,26+,27-,31+,32-,33-,36-,37?,38-,40?,42+/m1/s1. The summed E-state index contributed by atoms with van der Waals surface area (Å²) >= 11 is 0. The van der Waals surface area contributed by atoms with Crippen molar-refractivity contribution in [2.24, 2.45) is 23.7 Å². The number of rotatable bonds is 10. The second-order valence-electron chi connectivity index (χ2n) is 16.4. The number of cyclic esters (lactones) is 1. The summed E-state index contributed by atoms with van der Waals surface area (Å²) in [5, 5.41) is 13.8. The molecule has 56 heavy (non-hydrogen) atoms. The molecule has 1 amide bonds. The fourth-order valence-corrected chi connectivity index (χ4v) is 8.86. The molecule has 2 N–H and O–H groups in total. The van der Waals surface area contributed by atoms with E-state index in [0.29, 0.717) is 25.8 Å². The molecule has 0 aliphatic carbocycles. The molecule has 14 heteroatoms. The van der Waals surface area contributed by atoms with Crippen LogP contribution in [0.4, 0.5) is 4.79 Å². The van der Waals surface area contributed by atoms with Crippen molar-refractivity contribution >= 4 is 34.5 Å². The molecule has 3 saturated heterocycles. The quantitative estimate of drug-likeness (QED) is 0.197. The Morgan fingerprint density at radius 2 is 1.73 bits per heavy atom. The summed E-state index contributed by atoms with van der Waals surface area (Å²) in [5.74, 6) is -4.99. The molecule has 0 saturated carbocycles. The van der Waals surface area contributed by atoms with Crippen LogP contribution < -0.4 is 5.43 Å². The van der Waals surface area contributed by atoms with E-state index in [9.17, 15) is 24.3 Å². The molecule has 2 unspecified atom stereocenters. The van der Waals surface area contributed by atoms with E-state index >= 15 is 0 Å². The van der Waals surface area contributed by atoms with Gasteiger partial charge in [0.05, 0.1) is 23.3 Å². The summed E-state index contributed by atoms with van der Waals surface area (Å²) in [7, 11) is 5.23. The normalized spacial score (nSPS) is 36.3. The van der Waals surface area contributed by atoms with Crippen LogP contribution >= 0.6 is 0 Å². The Kier molecular flexibility index (Phi) is 14.3. The number of pyridine rings is 1. The molecule has 0 bridgehead atoms. The van der Waals surface area contributed by atoms with Crippen molar-refractivity contribution in [1.82, 2.24) is 20.3 Å². The Labute approximate surface area is 330 Å². The van der Waals surface area contributed by atoms with Crippen molar-refractivity contribution in [2.75, 3.05) is 27.7 Å². The predicted octanol–water partition coefficient (Wildman–Crippen LogP) is 4.49. The average Bonchev–Trinajstić information content (AvgIpc) is 3.51. The molecule has 1 aromatic carbocycles. The minimum Gasteiger partial charge on any atom is -0.458 e. The Hall–Kier alpha value is -3.53. The van der Waals surface area contributed by atoms with Gasteiger partial charge in [-0.1, -0.05) is 45.9 Å². The number of ketones is 2. The zero-order valence-electron chi connectivity index (χ0n) is 34.6. The summed E-state index contributed by atoms with van der Waals surface area (Å²) in [6, 6.07) is 8.81. The third-order valence-electron chi connectivity index (χ3n) is 12.2. The molecule has 0 radical (unpaired) electrons. The monoisotopic (exact) mass is 782 g/mol. The van der Waals surface area contributed by atoms with Crippen LogP contribution in [-0.4, -0.2) is 126 Å². The Morgan fingerprint density at radius 1 is 1.02 bits per heavy atom. The molecule has 5 rings (SSSR count). The number of fused-ring (bicyclic) bond motifs is 2. The van der Waals surface area contributed by atoms with Gasteiger partial charge in [0.25, 0.3) is 0 Å². The van der Waals surface area contributed by atoms with E-state index in [1.807, 2.05) is 56.3 Å². The van der Waals surface area contributed by atoms with Crippen LogP contribution in [-0.2, 0) is 44.5 Å². The second-order valence-corrected chi connectivity index (χ2v) is 16.4. The summed E-state index contributed by atoms with van der Waals surface area (Å²) in [4.78, 5) is 62.6. The number of hydrazine groups is 1. The molecule has 3 aliphatic heterocycles. The number of carbonyl (C=O) groups excluding carboxylic acids is 4. The first-order valence-corrected chi connectivity index (χ1v) is 20.1.